The van der Waals surface area contributed by atoms with E-state index in [2.05, 4.69) is 32.9 Å². The summed E-state index contributed by atoms with van der Waals surface area (Å²) in [4.78, 5) is 37.9. The summed E-state index contributed by atoms with van der Waals surface area (Å²) >= 11 is 0. The van der Waals surface area contributed by atoms with Crippen LogP contribution in [0.5, 0.6) is 0 Å². The van der Waals surface area contributed by atoms with Crippen LogP contribution in [0.2, 0.25) is 0 Å². The van der Waals surface area contributed by atoms with Crippen molar-refractivity contribution in [1.82, 2.24) is 0 Å². The molecule has 0 heterocycles. The molecule has 0 aromatic rings. The number of carbonyl (C=O) groups excluding carboxylic acids is 3. The summed E-state index contributed by atoms with van der Waals surface area (Å²) < 4.78 is 16.8. The van der Waals surface area contributed by atoms with E-state index in [1.165, 1.54) is 270 Å². The monoisotopic (exact) mass is 1010 g/mol. The summed E-state index contributed by atoms with van der Waals surface area (Å²) in [7, 11) is 0. The molecule has 0 amide bonds. The molecule has 0 aliphatic carbocycles. The number of allylic oxidation sites excluding steroid dienone is 2. The predicted octanol–water partition coefficient (Wildman–Crippen LogP) is 22.1. The van der Waals surface area contributed by atoms with E-state index in [9.17, 15) is 14.4 Å². The summed E-state index contributed by atoms with van der Waals surface area (Å²) in [5.74, 6) is -0.863. The fraction of sp³-hybridized carbons (Fsp3) is 0.924. The highest BCUT2D eigenvalue weighted by Gasteiger charge is 2.19. The van der Waals surface area contributed by atoms with E-state index in [0.717, 1.165) is 64.2 Å². The Morgan fingerprint density at radius 3 is 0.694 bits per heavy atom. The second-order valence-electron chi connectivity index (χ2n) is 22.4. The Hall–Kier alpha value is -1.85. The smallest absolute Gasteiger partial charge is 0.306 e. The first kappa shape index (κ1) is 70.1. The third-order valence-corrected chi connectivity index (χ3v) is 15.0. The SMILES string of the molecule is CCCCCCCC/C=C\CCCCCCCCCC(=O)OC(COC(=O)CCCCCCC)COC(=O)CCCCCCCCCCCCCCCCCCCCCCCCCCCCCCCCCC. The van der Waals surface area contributed by atoms with Gasteiger partial charge in [-0.1, -0.05) is 322 Å². The fourth-order valence-electron chi connectivity index (χ4n) is 10.1. The lowest BCUT2D eigenvalue weighted by Gasteiger charge is -2.18. The van der Waals surface area contributed by atoms with Crippen molar-refractivity contribution >= 4 is 17.9 Å². The van der Waals surface area contributed by atoms with E-state index in [4.69, 9.17) is 14.2 Å². The van der Waals surface area contributed by atoms with Gasteiger partial charge < -0.3 is 14.2 Å². The molecular weight excluding hydrogens is 889 g/mol. The molecule has 1 atom stereocenters. The highest BCUT2D eigenvalue weighted by atomic mass is 16.6. The molecule has 0 fully saturated rings. The second-order valence-corrected chi connectivity index (χ2v) is 22.4. The Balaban J connectivity index is 3.87. The molecule has 0 aromatic heterocycles. The lowest BCUT2D eigenvalue weighted by atomic mass is 10.0. The number of esters is 3. The van der Waals surface area contributed by atoms with E-state index in [-0.39, 0.29) is 31.1 Å². The van der Waals surface area contributed by atoms with Crippen molar-refractivity contribution in [2.75, 3.05) is 13.2 Å². The van der Waals surface area contributed by atoms with Crippen molar-refractivity contribution in [3.8, 4) is 0 Å². The van der Waals surface area contributed by atoms with Crippen LogP contribution in [-0.2, 0) is 28.6 Å². The van der Waals surface area contributed by atoms with Crippen LogP contribution in [0, 0.1) is 0 Å². The van der Waals surface area contributed by atoms with Crippen LogP contribution in [0.15, 0.2) is 12.2 Å². The molecule has 0 aromatic carbocycles. The molecule has 0 bridgehead atoms. The van der Waals surface area contributed by atoms with E-state index in [1.54, 1.807) is 0 Å². The van der Waals surface area contributed by atoms with Crippen LogP contribution in [0.25, 0.3) is 0 Å². The van der Waals surface area contributed by atoms with Crippen molar-refractivity contribution in [2.24, 2.45) is 0 Å². The lowest BCUT2D eigenvalue weighted by Crippen LogP contribution is -2.30. The van der Waals surface area contributed by atoms with Gasteiger partial charge in [-0.05, 0) is 44.9 Å². The molecule has 0 saturated heterocycles. The first-order valence-corrected chi connectivity index (χ1v) is 32.7. The van der Waals surface area contributed by atoms with Gasteiger partial charge in [0.05, 0.1) is 0 Å². The van der Waals surface area contributed by atoms with E-state index < -0.39 is 6.10 Å². The minimum atomic E-state index is -0.765. The molecule has 0 aliphatic heterocycles. The molecule has 0 spiro atoms. The van der Waals surface area contributed by atoms with Crippen molar-refractivity contribution in [1.29, 1.82) is 0 Å². The van der Waals surface area contributed by atoms with E-state index in [1.807, 2.05) is 0 Å². The first-order chi connectivity index (χ1) is 35.5. The van der Waals surface area contributed by atoms with Gasteiger partial charge in [-0.3, -0.25) is 14.4 Å². The summed E-state index contributed by atoms with van der Waals surface area (Å²) in [6.45, 7) is 6.61. The Labute approximate surface area is 450 Å². The first-order valence-electron chi connectivity index (χ1n) is 32.7. The van der Waals surface area contributed by atoms with Gasteiger partial charge in [0.25, 0.3) is 0 Å². The van der Waals surface area contributed by atoms with Crippen molar-refractivity contribution in [3.63, 3.8) is 0 Å². The summed E-state index contributed by atoms with van der Waals surface area (Å²) in [6, 6.07) is 0. The summed E-state index contributed by atoms with van der Waals surface area (Å²) in [5.41, 5.74) is 0. The predicted molar refractivity (Wildman–Crippen MR) is 312 cm³/mol. The maximum atomic E-state index is 12.8. The zero-order valence-corrected chi connectivity index (χ0v) is 49.0. The topological polar surface area (TPSA) is 78.9 Å². The zero-order chi connectivity index (χ0) is 52.2. The third kappa shape index (κ3) is 59.0. The Kier molecular flexibility index (Phi) is 60.1. The molecule has 0 rings (SSSR count). The van der Waals surface area contributed by atoms with Crippen molar-refractivity contribution in [2.45, 2.75) is 380 Å². The molecule has 426 valence electrons. The highest BCUT2D eigenvalue weighted by Crippen LogP contribution is 2.18. The molecule has 0 aliphatic rings. The van der Waals surface area contributed by atoms with Gasteiger partial charge in [0.2, 0.25) is 0 Å². The van der Waals surface area contributed by atoms with Crippen molar-refractivity contribution < 1.29 is 28.6 Å². The van der Waals surface area contributed by atoms with Crippen LogP contribution in [0.1, 0.15) is 374 Å². The molecule has 0 saturated carbocycles. The van der Waals surface area contributed by atoms with Gasteiger partial charge in [0.15, 0.2) is 6.10 Å². The minimum absolute atomic E-state index is 0.0672. The number of hydrogen-bond donors (Lipinski definition) is 0. The van der Waals surface area contributed by atoms with E-state index in [0.29, 0.717) is 19.3 Å². The second kappa shape index (κ2) is 61.7. The molecular formula is C66H126O6. The number of carbonyl (C=O) groups is 3. The average molecular weight is 1020 g/mol. The Morgan fingerprint density at radius 1 is 0.264 bits per heavy atom. The lowest BCUT2D eigenvalue weighted by molar-refractivity contribution is -0.167. The molecule has 1 unspecified atom stereocenters. The quantitative estimate of drug-likeness (QED) is 0.0261. The molecule has 72 heavy (non-hydrogen) atoms. The van der Waals surface area contributed by atoms with E-state index >= 15 is 0 Å². The summed E-state index contributed by atoms with van der Waals surface area (Å²) in [5, 5.41) is 0. The van der Waals surface area contributed by atoms with Crippen LogP contribution < -0.4 is 0 Å². The maximum Gasteiger partial charge on any atom is 0.306 e. The van der Waals surface area contributed by atoms with Crippen molar-refractivity contribution in [3.05, 3.63) is 12.2 Å². The number of ether oxygens (including phenoxy) is 3. The van der Waals surface area contributed by atoms with Gasteiger partial charge in [-0.2, -0.15) is 0 Å². The van der Waals surface area contributed by atoms with Crippen LogP contribution in [-0.4, -0.2) is 37.2 Å². The van der Waals surface area contributed by atoms with Gasteiger partial charge in [0, 0.05) is 19.3 Å². The van der Waals surface area contributed by atoms with Crippen LogP contribution in [0.3, 0.4) is 0 Å². The molecule has 0 radical (unpaired) electrons. The van der Waals surface area contributed by atoms with Crippen LogP contribution in [0.4, 0.5) is 0 Å². The van der Waals surface area contributed by atoms with Gasteiger partial charge in [-0.25, -0.2) is 0 Å². The molecule has 0 N–H and O–H groups in total. The Morgan fingerprint density at radius 2 is 0.458 bits per heavy atom. The highest BCUT2D eigenvalue weighted by molar-refractivity contribution is 5.71. The number of rotatable bonds is 61. The van der Waals surface area contributed by atoms with Gasteiger partial charge in [-0.15, -0.1) is 0 Å². The largest absolute Gasteiger partial charge is 0.462 e. The molecule has 6 heteroatoms. The van der Waals surface area contributed by atoms with Gasteiger partial charge >= 0.3 is 17.9 Å². The zero-order valence-electron chi connectivity index (χ0n) is 49.0. The summed E-state index contributed by atoms with van der Waals surface area (Å²) in [6.07, 6.45) is 73.0. The van der Waals surface area contributed by atoms with Crippen LogP contribution >= 0.6 is 0 Å². The van der Waals surface area contributed by atoms with Gasteiger partial charge in [0.1, 0.15) is 13.2 Å². The normalized spacial score (nSPS) is 12.0. The maximum absolute atomic E-state index is 12.8. The number of hydrogen-bond acceptors (Lipinski definition) is 6. The minimum Gasteiger partial charge on any atom is -0.462 e. The average Bonchev–Trinajstić information content (AvgIpc) is 3.38. The molecule has 6 nitrogen and oxygen atoms in total. The Bertz CT molecular complexity index is 1120. The third-order valence-electron chi connectivity index (χ3n) is 15.0. The number of unbranched alkanes of at least 4 members (excludes halogenated alkanes) is 48. The fourth-order valence-corrected chi connectivity index (χ4v) is 10.1. The standard InChI is InChI=1S/C66H126O6/c1-4-7-10-13-15-17-19-21-23-25-26-27-28-29-30-31-32-33-34-35-36-37-38-39-41-42-44-46-48-50-53-56-59-65(68)71-62-63(61-70-64(67)58-55-52-12-9-6-3)72-66(69)60-57-54-51-49-47-45-43-40-24-22-20-18-16-14-11-8-5-2/h22,24,63H,4-21,23,25-62H2,1-3H3/b24-22-.